The molecule has 0 aromatic heterocycles. The average Bonchev–Trinajstić information content (AvgIpc) is 2.93. The molecule has 0 heterocycles. The molecule has 0 amide bonds. The highest BCUT2D eigenvalue weighted by atomic mass is 32.0. The van der Waals surface area contributed by atoms with Crippen molar-refractivity contribution in [3.63, 3.8) is 0 Å². The largest absolute Gasteiger partial charge is 0.330 e. The Morgan fingerprint density at radius 2 is 0.846 bits per heavy atom. The number of nitrogens with zero attached hydrogens (tertiary/aromatic N) is 4. The van der Waals surface area contributed by atoms with E-state index in [0.29, 0.717) is 34.6 Å². The lowest BCUT2D eigenvalue weighted by Gasteiger charge is -2.30. The van der Waals surface area contributed by atoms with Gasteiger partial charge in [-0.1, -0.05) is 15.3 Å². The molecule has 0 aliphatic carbocycles. The van der Waals surface area contributed by atoms with Crippen molar-refractivity contribution in [3.05, 3.63) is 0 Å². The van der Waals surface area contributed by atoms with Crippen LogP contribution in [0.25, 0.3) is 0 Å². The first-order valence-electron chi connectivity index (χ1n) is 15.1. The van der Waals surface area contributed by atoms with Crippen LogP contribution in [0.4, 0.5) is 0 Å². The summed E-state index contributed by atoms with van der Waals surface area (Å²) in [5, 5.41) is 10.5. The average molecular weight is 597 g/mol. The highest BCUT2D eigenvalue weighted by molar-refractivity contribution is 8.01. The fraction of sp³-hybridized carbons (Fsp3) is 1.00. The molecular formula is C25H66N12P2. The van der Waals surface area contributed by atoms with E-state index >= 15 is 0 Å². The van der Waals surface area contributed by atoms with Gasteiger partial charge < -0.3 is 44.2 Å². The maximum absolute atomic E-state index is 5.83. The number of unbranched alkanes of at least 4 members (excludes halogenated alkanes) is 2. The molecule has 0 aromatic rings. The van der Waals surface area contributed by atoms with Gasteiger partial charge in [0.15, 0.2) is 0 Å². The van der Waals surface area contributed by atoms with Crippen LogP contribution < -0.4 is 44.4 Å². The van der Waals surface area contributed by atoms with Crippen LogP contribution in [0.15, 0.2) is 0 Å². The lowest BCUT2D eigenvalue weighted by molar-refractivity contribution is 0.175. The van der Waals surface area contributed by atoms with Gasteiger partial charge in [0.05, 0.1) is 0 Å². The molecule has 0 radical (unpaired) electrons. The van der Waals surface area contributed by atoms with Gasteiger partial charge >= 0.3 is 0 Å². The fourth-order valence-corrected chi connectivity index (χ4v) is 5.15. The van der Waals surface area contributed by atoms with Gasteiger partial charge in [0.25, 0.3) is 0 Å². The van der Waals surface area contributed by atoms with Gasteiger partial charge in [-0.25, -0.2) is 0 Å². The first-order valence-corrected chi connectivity index (χ1v) is 18.0. The van der Waals surface area contributed by atoms with Crippen molar-refractivity contribution in [1.29, 1.82) is 0 Å². The van der Waals surface area contributed by atoms with Crippen LogP contribution in [-0.4, -0.2) is 164 Å². The smallest absolute Gasteiger partial charge is 0.0119 e. The minimum atomic E-state index is 0.673. The molecule has 2 unspecified atom stereocenters. The number of hydrogen-bond donors (Lipinski definition) is 8. The summed E-state index contributed by atoms with van der Waals surface area (Å²) >= 11 is 0. The van der Waals surface area contributed by atoms with E-state index in [0.717, 1.165) is 124 Å². The summed E-state index contributed by atoms with van der Waals surface area (Å²) in [5.41, 5.74) is 28.9. The number of nitrogens with two attached hydrogens (primary N) is 5. The Labute approximate surface area is 244 Å². The molecule has 0 saturated heterocycles. The quantitative estimate of drug-likeness (QED) is 0.0298. The third-order valence-corrected chi connectivity index (χ3v) is 7.84. The first-order chi connectivity index (χ1) is 19.1. The maximum Gasteiger partial charge on any atom is 0.0119 e. The van der Waals surface area contributed by atoms with Crippen LogP contribution in [0.1, 0.15) is 19.3 Å². The molecular weight excluding hydrogens is 530 g/mol. The van der Waals surface area contributed by atoms with E-state index in [-0.39, 0.29) is 0 Å². The Kier molecular flexibility index (Phi) is 31.6. The minimum Gasteiger partial charge on any atom is -0.330 e. The standard InChI is InChI=1S/C25H66N12P2/c26-4-2-1-3-14-34(22-24-35(15-6-28)16-7-29)23-25-37(19-10-31-9-5-27)20-12-32-11-18-36(17-8-30)21-13-33-39-38/h31-33,39H,1-30,38H2. The molecule has 13 N–H and O–H groups in total. The molecule has 0 rings (SSSR count). The molecule has 0 spiro atoms. The topological polar surface area (TPSA) is 179 Å². The molecule has 12 nitrogen and oxygen atoms in total. The molecule has 39 heavy (non-hydrogen) atoms. The van der Waals surface area contributed by atoms with Gasteiger partial charge in [-0.05, 0) is 34.4 Å². The van der Waals surface area contributed by atoms with Gasteiger partial charge in [0.2, 0.25) is 0 Å². The number of rotatable bonds is 32. The Bertz CT molecular complexity index is 478. The van der Waals surface area contributed by atoms with Crippen molar-refractivity contribution in [2.24, 2.45) is 28.7 Å². The van der Waals surface area contributed by atoms with Crippen molar-refractivity contribution in [3.8, 4) is 0 Å². The van der Waals surface area contributed by atoms with E-state index in [1.807, 2.05) is 0 Å². The SMILES string of the molecule is NCCCCCN(CCN(CCN)CCN)CCN(CCNCCN)CCNCCN(CCN)CCNPP. The fourth-order valence-electron chi connectivity index (χ4n) is 4.46. The van der Waals surface area contributed by atoms with Crippen molar-refractivity contribution < 1.29 is 0 Å². The first kappa shape index (κ1) is 39.4. The molecule has 0 fully saturated rings. The van der Waals surface area contributed by atoms with Crippen LogP contribution >= 0.6 is 17.3 Å². The predicted octanol–water partition coefficient (Wildman–Crippen LogP) is -2.69. The summed E-state index contributed by atoms with van der Waals surface area (Å²) < 4.78 is 0. The third-order valence-electron chi connectivity index (χ3n) is 6.77. The number of nitrogens with one attached hydrogen (secondary N) is 3. The second kappa shape index (κ2) is 31.3. The summed E-state index contributed by atoms with van der Waals surface area (Å²) in [4.78, 5) is 10.00. The molecule has 14 heteroatoms. The molecule has 0 aliphatic heterocycles. The highest BCUT2D eigenvalue weighted by Gasteiger charge is 2.12. The van der Waals surface area contributed by atoms with Crippen LogP contribution in [0.5, 0.6) is 0 Å². The zero-order valence-electron chi connectivity index (χ0n) is 24.9. The van der Waals surface area contributed by atoms with E-state index in [2.05, 4.69) is 44.2 Å². The van der Waals surface area contributed by atoms with Crippen molar-refractivity contribution in [2.45, 2.75) is 19.3 Å². The van der Waals surface area contributed by atoms with E-state index < -0.39 is 0 Å². The van der Waals surface area contributed by atoms with E-state index in [4.69, 9.17) is 28.7 Å². The number of hydrogen-bond acceptors (Lipinski definition) is 12. The van der Waals surface area contributed by atoms with Gasteiger partial charge in [0, 0.05) is 131 Å². The van der Waals surface area contributed by atoms with E-state index in [9.17, 15) is 0 Å². The van der Waals surface area contributed by atoms with Crippen LogP contribution in [-0.2, 0) is 0 Å². The third kappa shape index (κ3) is 25.8. The second-order valence-electron chi connectivity index (χ2n) is 9.94. The Balaban J connectivity index is 4.76. The van der Waals surface area contributed by atoms with E-state index in [1.54, 1.807) is 0 Å². The molecule has 0 bridgehead atoms. The van der Waals surface area contributed by atoms with Gasteiger partial charge in [-0.2, -0.15) is 0 Å². The minimum absolute atomic E-state index is 0.673. The zero-order chi connectivity index (χ0) is 28.8. The van der Waals surface area contributed by atoms with Crippen LogP contribution in [0.3, 0.4) is 0 Å². The lowest BCUT2D eigenvalue weighted by atomic mass is 10.2. The summed E-state index contributed by atoms with van der Waals surface area (Å²) in [6.45, 7) is 20.4. The summed E-state index contributed by atoms with van der Waals surface area (Å²) in [6, 6.07) is 0. The molecule has 0 aliphatic rings. The zero-order valence-corrected chi connectivity index (χ0v) is 27.1. The lowest BCUT2D eigenvalue weighted by Crippen LogP contribution is -2.45. The molecule has 236 valence electrons. The molecule has 2 atom stereocenters. The van der Waals surface area contributed by atoms with Gasteiger partial charge in [-0.15, -0.1) is 0 Å². The summed E-state index contributed by atoms with van der Waals surface area (Å²) in [6.07, 6.45) is 3.48. The van der Waals surface area contributed by atoms with Gasteiger partial charge in [0.1, 0.15) is 0 Å². The Morgan fingerprint density at radius 1 is 0.410 bits per heavy atom. The van der Waals surface area contributed by atoms with Crippen molar-refractivity contribution >= 4 is 17.3 Å². The van der Waals surface area contributed by atoms with Crippen LogP contribution in [0, 0.1) is 0 Å². The Morgan fingerprint density at radius 3 is 1.31 bits per heavy atom. The van der Waals surface area contributed by atoms with Crippen molar-refractivity contribution in [1.82, 2.24) is 35.3 Å². The highest BCUT2D eigenvalue weighted by Crippen LogP contribution is 2.11. The second-order valence-corrected chi connectivity index (χ2v) is 11.4. The van der Waals surface area contributed by atoms with E-state index in [1.165, 1.54) is 12.8 Å². The maximum atomic E-state index is 5.83. The molecule has 0 saturated carbocycles. The predicted molar refractivity (Wildman–Crippen MR) is 177 cm³/mol. The monoisotopic (exact) mass is 597 g/mol. The Hall–Kier alpha value is 0.380. The van der Waals surface area contributed by atoms with Crippen molar-refractivity contribution in [2.75, 3.05) is 144 Å². The molecule has 0 aromatic carbocycles. The van der Waals surface area contributed by atoms with Crippen LogP contribution in [0.2, 0.25) is 0 Å². The summed E-state index contributed by atoms with van der Waals surface area (Å²) in [7, 11) is 3.45. The van der Waals surface area contributed by atoms with Gasteiger partial charge in [-0.3, -0.25) is 19.8 Å². The summed E-state index contributed by atoms with van der Waals surface area (Å²) in [5.74, 6) is 0. The normalized spacial score (nSPS) is 12.5.